The fraction of sp³-hybridized carbons (Fsp3) is 0.429. The average molecular weight is 248 g/mol. The van der Waals surface area contributed by atoms with Crippen molar-refractivity contribution in [3.8, 4) is 0 Å². The van der Waals surface area contributed by atoms with Crippen molar-refractivity contribution in [1.82, 2.24) is 0 Å². The van der Waals surface area contributed by atoms with Crippen molar-refractivity contribution >= 4 is 17.4 Å². The Morgan fingerprint density at radius 2 is 1.78 bits per heavy atom. The van der Waals surface area contributed by atoms with Gasteiger partial charge in [0.05, 0.1) is 0 Å². The van der Waals surface area contributed by atoms with Crippen molar-refractivity contribution in [2.45, 2.75) is 39.2 Å². The van der Waals surface area contributed by atoms with Crippen LogP contribution in [0.15, 0.2) is 24.3 Å². The Bertz CT molecular complexity index is 440. The number of ketones is 1. The minimum Gasteiger partial charge on any atom is -0.371 e. The number of carbonyl (C=O) groups excluding carboxylic acids is 2. The van der Waals surface area contributed by atoms with Crippen LogP contribution in [0.1, 0.15) is 44.0 Å². The monoisotopic (exact) mass is 248 g/mol. The number of hydrogen-bond donors (Lipinski definition) is 2. The van der Waals surface area contributed by atoms with Crippen molar-refractivity contribution in [2.75, 3.05) is 5.32 Å². The Labute approximate surface area is 108 Å². The molecule has 4 heteroatoms. The van der Waals surface area contributed by atoms with Crippen molar-refractivity contribution in [3.05, 3.63) is 29.8 Å². The van der Waals surface area contributed by atoms with Crippen LogP contribution in [-0.4, -0.2) is 17.2 Å². The zero-order valence-corrected chi connectivity index (χ0v) is 11.1. The molecule has 18 heavy (non-hydrogen) atoms. The third-order valence-electron chi connectivity index (χ3n) is 3.20. The van der Waals surface area contributed by atoms with Gasteiger partial charge in [0.15, 0.2) is 5.78 Å². The van der Waals surface area contributed by atoms with Crippen molar-refractivity contribution in [1.29, 1.82) is 0 Å². The largest absolute Gasteiger partial charge is 0.371 e. The minimum absolute atomic E-state index is 0.106. The van der Waals surface area contributed by atoms with Crippen LogP contribution in [0.4, 0.5) is 5.69 Å². The quantitative estimate of drug-likeness (QED) is 0.759. The zero-order valence-electron chi connectivity index (χ0n) is 11.1. The first-order valence-corrected chi connectivity index (χ1v) is 6.14. The van der Waals surface area contributed by atoms with Gasteiger partial charge in [0.2, 0.25) is 5.91 Å². The van der Waals surface area contributed by atoms with Crippen LogP contribution in [0.2, 0.25) is 0 Å². The first kappa shape index (κ1) is 14.2. The van der Waals surface area contributed by atoms with E-state index in [-0.39, 0.29) is 5.78 Å². The fourth-order valence-electron chi connectivity index (χ4n) is 1.59. The third kappa shape index (κ3) is 3.09. The van der Waals surface area contributed by atoms with Crippen LogP contribution < -0.4 is 11.1 Å². The lowest BCUT2D eigenvalue weighted by atomic mass is 9.97. The Balaban J connectivity index is 2.87. The average Bonchev–Trinajstić information content (AvgIpc) is 2.38. The molecule has 3 N–H and O–H groups in total. The molecule has 98 valence electrons. The van der Waals surface area contributed by atoms with Gasteiger partial charge in [-0.2, -0.15) is 0 Å². The lowest BCUT2D eigenvalue weighted by molar-refractivity contribution is -0.121. The highest BCUT2D eigenvalue weighted by atomic mass is 16.1. The summed E-state index contributed by atoms with van der Waals surface area (Å²) in [4.78, 5) is 22.9. The first-order chi connectivity index (χ1) is 8.42. The van der Waals surface area contributed by atoms with Crippen molar-refractivity contribution in [2.24, 2.45) is 5.73 Å². The molecule has 1 aromatic rings. The lowest BCUT2D eigenvalue weighted by Crippen LogP contribution is -2.47. The van der Waals surface area contributed by atoms with E-state index in [0.29, 0.717) is 18.4 Å². The molecule has 0 aliphatic heterocycles. The standard InChI is InChI=1S/C14H20N2O2/c1-4-12(17)10-6-8-11(9-7-10)16-14(3,5-2)13(15)18/h6-9,16H,4-5H2,1-3H3,(H2,15,18). The van der Waals surface area contributed by atoms with Crippen LogP contribution in [0.5, 0.6) is 0 Å². The van der Waals surface area contributed by atoms with E-state index >= 15 is 0 Å². The molecule has 1 amide bonds. The van der Waals surface area contributed by atoms with Crippen molar-refractivity contribution < 1.29 is 9.59 Å². The third-order valence-corrected chi connectivity index (χ3v) is 3.20. The Kier molecular flexibility index (Phi) is 4.48. The van der Waals surface area contributed by atoms with Gasteiger partial charge in [-0.25, -0.2) is 0 Å². The highest BCUT2D eigenvalue weighted by Crippen LogP contribution is 2.19. The van der Waals surface area contributed by atoms with Crippen LogP contribution >= 0.6 is 0 Å². The van der Waals surface area contributed by atoms with E-state index in [9.17, 15) is 9.59 Å². The number of nitrogens with one attached hydrogen (secondary N) is 1. The molecule has 0 radical (unpaired) electrons. The molecule has 0 heterocycles. The van der Waals surface area contributed by atoms with E-state index in [0.717, 1.165) is 5.69 Å². The number of carbonyl (C=O) groups is 2. The van der Waals surface area contributed by atoms with E-state index < -0.39 is 11.4 Å². The van der Waals surface area contributed by atoms with Crippen LogP contribution in [0, 0.1) is 0 Å². The minimum atomic E-state index is -0.768. The number of anilines is 1. The molecule has 0 fully saturated rings. The number of amides is 1. The molecular weight excluding hydrogens is 228 g/mol. The summed E-state index contributed by atoms with van der Waals surface area (Å²) in [6.45, 7) is 5.49. The van der Waals surface area contributed by atoms with Crippen molar-refractivity contribution in [3.63, 3.8) is 0 Å². The van der Waals surface area contributed by atoms with Gasteiger partial charge in [0, 0.05) is 17.7 Å². The van der Waals surface area contributed by atoms with Gasteiger partial charge in [-0.1, -0.05) is 13.8 Å². The number of primary amides is 1. The highest BCUT2D eigenvalue weighted by Gasteiger charge is 2.28. The van der Waals surface area contributed by atoms with E-state index in [1.165, 1.54) is 0 Å². The van der Waals surface area contributed by atoms with Crippen LogP contribution in [0.3, 0.4) is 0 Å². The van der Waals surface area contributed by atoms with E-state index in [1.54, 1.807) is 31.2 Å². The number of nitrogens with two attached hydrogens (primary N) is 1. The molecule has 1 aromatic carbocycles. The predicted octanol–water partition coefficient (Wildman–Crippen LogP) is 2.35. The summed E-state index contributed by atoms with van der Waals surface area (Å²) in [6.07, 6.45) is 1.08. The topological polar surface area (TPSA) is 72.2 Å². The van der Waals surface area contributed by atoms with Gasteiger partial charge in [-0.3, -0.25) is 9.59 Å². The number of benzene rings is 1. The summed E-state index contributed by atoms with van der Waals surface area (Å²) in [7, 11) is 0. The van der Waals surface area contributed by atoms with Gasteiger partial charge < -0.3 is 11.1 Å². The Hall–Kier alpha value is -1.84. The SMILES string of the molecule is CCC(=O)c1ccc(NC(C)(CC)C(N)=O)cc1. The van der Waals surface area contributed by atoms with Gasteiger partial charge in [0.25, 0.3) is 0 Å². The molecule has 1 atom stereocenters. The maximum atomic E-state index is 11.5. The Morgan fingerprint density at radius 3 is 2.17 bits per heavy atom. The van der Waals surface area contributed by atoms with E-state index in [2.05, 4.69) is 5.32 Å². The number of rotatable bonds is 6. The molecule has 0 saturated carbocycles. The molecule has 0 bridgehead atoms. The maximum absolute atomic E-state index is 11.5. The molecule has 0 aromatic heterocycles. The van der Waals surface area contributed by atoms with Crippen LogP contribution in [0.25, 0.3) is 0 Å². The maximum Gasteiger partial charge on any atom is 0.242 e. The normalized spacial score (nSPS) is 13.7. The number of hydrogen-bond acceptors (Lipinski definition) is 3. The molecule has 1 rings (SSSR count). The van der Waals surface area contributed by atoms with Gasteiger partial charge in [-0.15, -0.1) is 0 Å². The summed E-state index contributed by atoms with van der Waals surface area (Å²) in [5, 5.41) is 3.10. The molecule has 0 spiro atoms. The summed E-state index contributed by atoms with van der Waals surface area (Å²) in [5.41, 5.74) is 6.07. The molecule has 0 aliphatic carbocycles. The predicted molar refractivity (Wildman–Crippen MR) is 72.6 cm³/mol. The van der Waals surface area contributed by atoms with E-state index in [1.807, 2.05) is 13.8 Å². The highest BCUT2D eigenvalue weighted by molar-refractivity contribution is 5.96. The first-order valence-electron chi connectivity index (χ1n) is 6.14. The molecular formula is C14H20N2O2. The Morgan fingerprint density at radius 1 is 1.22 bits per heavy atom. The summed E-state index contributed by atoms with van der Waals surface area (Å²) >= 11 is 0. The second-order valence-corrected chi connectivity index (χ2v) is 4.53. The molecule has 0 saturated heterocycles. The fourth-order valence-corrected chi connectivity index (χ4v) is 1.59. The zero-order chi connectivity index (χ0) is 13.8. The number of Topliss-reactive ketones (excluding diaryl/α,β-unsaturated/α-hetero) is 1. The second kappa shape index (κ2) is 5.67. The molecule has 1 unspecified atom stereocenters. The summed E-state index contributed by atoms with van der Waals surface area (Å²) < 4.78 is 0. The van der Waals surface area contributed by atoms with Gasteiger partial charge in [-0.05, 0) is 37.6 Å². The van der Waals surface area contributed by atoms with Crippen LogP contribution in [-0.2, 0) is 4.79 Å². The molecule has 4 nitrogen and oxygen atoms in total. The molecule has 0 aliphatic rings. The second-order valence-electron chi connectivity index (χ2n) is 4.53. The summed E-state index contributed by atoms with van der Waals surface area (Å²) in [5.74, 6) is -0.284. The van der Waals surface area contributed by atoms with E-state index in [4.69, 9.17) is 5.73 Å². The van der Waals surface area contributed by atoms with Gasteiger partial charge in [0.1, 0.15) is 5.54 Å². The summed E-state index contributed by atoms with van der Waals surface area (Å²) in [6, 6.07) is 7.09. The smallest absolute Gasteiger partial charge is 0.242 e. The lowest BCUT2D eigenvalue weighted by Gasteiger charge is -2.27. The van der Waals surface area contributed by atoms with Gasteiger partial charge >= 0.3 is 0 Å².